The highest BCUT2D eigenvalue weighted by Gasteiger charge is 2.32. The number of benzene rings is 1. The molecule has 0 saturated heterocycles. The molecule has 0 atom stereocenters. The number of alkyl halides is 3. The van der Waals surface area contributed by atoms with Crippen LogP contribution in [0.3, 0.4) is 0 Å². The fraction of sp³-hybridized carbons (Fsp3) is 0.0833. The minimum absolute atomic E-state index is 0.0252. The lowest BCUT2D eigenvalue weighted by Gasteiger charge is -2.06. The standard InChI is InChI=1S/C12H8F3N5/c13-12(14,15)7-5-17-20(6-7)10-8-3-1-2-4-9(8)18-11(16)19-10/h1-6H,(H2,16,18,19). The number of anilines is 1. The van der Waals surface area contributed by atoms with Crippen molar-refractivity contribution in [1.82, 2.24) is 19.7 Å². The Kier molecular flexibility index (Phi) is 2.60. The largest absolute Gasteiger partial charge is 0.419 e. The minimum atomic E-state index is -4.45. The summed E-state index contributed by atoms with van der Waals surface area (Å²) in [5, 5.41) is 4.26. The van der Waals surface area contributed by atoms with Gasteiger partial charge in [-0.1, -0.05) is 12.1 Å². The number of hydrogen-bond acceptors (Lipinski definition) is 4. The lowest BCUT2D eigenvalue weighted by molar-refractivity contribution is -0.137. The average Bonchev–Trinajstić information content (AvgIpc) is 2.87. The number of hydrogen-bond donors (Lipinski definition) is 1. The molecule has 102 valence electrons. The van der Waals surface area contributed by atoms with Crippen molar-refractivity contribution in [3.05, 3.63) is 42.2 Å². The van der Waals surface area contributed by atoms with Crippen LogP contribution in [0.1, 0.15) is 5.56 Å². The number of nitrogens with zero attached hydrogens (tertiary/aromatic N) is 4. The van der Waals surface area contributed by atoms with Crippen LogP contribution >= 0.6 is 0 Å². The third-order valence-electron chi connectivity index (χ3n) is 2.73. The second-order valence-electron chi connectivity index (χ2n) is 4.09. The summed E-state index contributed by atoms with van der Waals surface area (Å²) in [6.07, 6.45) is -2.84. The Labute approximate surface area is 110 Å². The average molecular weight is 279 g/mol. The number of nitrogens with two attached hydrogens (primary N) is 1. The first-order valence-corrected chi connectivity index (χ1v) is 5.59. The van der Waals surface area contributed by atoms with Crippen LogP contribution in [0.2, 0.25) is 0 Å². The maximum Gasteiger partial charge on any atom is 0.419 e. The van der Waals surface area contributed by atoms with Crippen molar-refractivity contribution in [1.29, 1.82) is 0 Å². The van der Waals surface area contributed by atoms with Gasteiger partial charge in [-0.25, -0.2) is 9.67 Å². The van der Waals surface area contributed by atoms with Crippen LogP contribution in [0.4, 0.5) is 19.1 Å². The van der Waals surface area contributed by atoms with Gasteiger partial charge >= 0.3 is 6.18 Å². The molecule has 0 unspecified atom stereocenters. The Bertz CT molecular complexity index is 778. The smallest absolute Gasteiger partial charge is 0.368 e. The molecule has 8 heteroatoms. The molecule has 0 aliphatic carbocycles. The second kappa shape index (κ2) is 4.19. The van der Waals surface area contributed by atoms with Gasteiger partial charge in [0.15, 0.2) is 5.82 Å². The molecule has 0 aliphatic heterocycles. The highest BCUT2D eigenvalue weighted by Crippen LogP contribution is 2.29. The van der Waals surface area contributed by atoms with Gasteiger partial charge in [0.2, 0.25) is 5.95 Å². The van der Waals surface area contributed by atoms with E-state index in [1.807, 2.05) is 0 Å². The first-order valence-electron chi connectivity index (χ1n) is 5.59. The molecule has 0 saturated carbocycles. The van der Waals surface area contributed by atoms with Crippen molar-refractivity contribution in [2.24, 2.45) is 0 Å². The van der Waals surface area contributed by atoms with Gasteiger partial charge < -0.3 is 5.73 Å². The summed E-state index contributed by atoms with van der Waals surface area (Å²) in [4.78, 5) is 7.99. The topological polar surface area (TPSA) is 69.6 Å². The van der Waals surface area contributed by atoms with Crippen LogP contribution < -0.4 is 5.73 Å². The van der Waals surface area contributed by atoms with Gasteiger partial charge in [-0.05, 0) is 12.1 Å². The molecule has 0 amide bonds. The van der Waals surface area contributed by atoms with E-state index in [9.17, 15) is 13.2 Å². The second-order valence-corrected chi connectivity index (χ2v) is 4.09. The first-order chi connectivity index (χ1) is 9.45. The number of aromatic nitrogens is 4. The number of fused-ring (bicyclic) bond motifs is 1. The fourth-order valence-electron chi connectivity index (χ4n) is 1.84. The van der Waals surface area contributed by atoms with E-state index in [0.717, 1.165) is 17.1 Å². The molecule has 2 aromatic heterocycles. The molecule has 0 fully saturated rings. The monoisotopic (exact) mass is 279 g/mol. The van der Waals surface area contributed by atoms with Crippen LogP contribution in [0.5, 0.6) is 0 Å². The molecule has 0 bridgehead atoms. The predicted octanol–water partition coefficient (Wildman–Crippen LogP) is 2.42. The lowest BCUT2D eigenvalue weighted by atomic mass is 10.2. The molecule has 0 radical (unpaired) electrons. The van der Waals surface area contributed by atoms with Crippen molar-refractivity contribution in [3.8, 4) is 5.82 Å². The third-order valence-corrected chi connectivity index (χ3v) is 2.73. The van der Waals surface area contributed by atoms with E-state index in [1.54, 1.807) is 24.3 Å². The maximum atomic E-state index is 12.6. The van der Waals surface area contributed by atoms with E-state index in [1.165, 1.54) is 0 Å². The molecule has 1 aromatic carbocycles. The van der Waals surface area contributed by atoms with Gasteiger partial charge in [0.05, 0.1) is 17.3 Å². The summed E-state index contributed by atoms with van der Waals surface area (Å²) in [5.41, 5.74) is 5.26. The predicted molar refractivity (Wildman–Crippen MR) is 66.1 cm³/mol. The first kappa shape index (κ1) is 12.4. The molecule has 2 heterocycles. The molecule has 3 aromatic rings. The zero-order valence-electron chi connectivity index (χ0n) is 9.96. The zero-order chi connectivity index (χ0) is 14.3. The van der Waals surface area contributed by atoms with E-state index in [2.05, 4.69) is 15.1 Å². The highest BCUT2D eigenvalue weighted by atomic mass is 19.4. The maximum absolute atomic E-state index is 12.6. The Morgan fingerprint density at radius 3 is 2.55 bits per heavy atom. The molecule has 3 rings (SSSR count). The lowest BCUT2D eigenvalue weighted by Crippen LogP contribution is -2.05. The molecule has 5 nitrogen and oxygen atoms in total. The zero-order valence-corrected chi connectivity index (χ0v) is 9.96. The van der Waals surface area contributed by atoms with Crippen LogP contribution in [-0.4, -0.2) is 19.7 Å². The van der Waals surface area contributed by atoms with E-state index >= 15 is 0 Å². The summed E-state index contributed by atoms with van der Waals surface area (Å²) < 4.78 is 38.8. The number of rotatable bonds is 1. The van der Waals surface area contributed by atoms with Crippen molar-refractivity contribution < 1.29 is 13.2 Å². The molecule has 20 heavy (non-hydrogen) atoms. The van der Waals surface area contributed by atoms with E-state index in [-0.39, 0.29) is 11.8 Å². The van der Waals surface area contributed by atoms with Crippen LogP contribution in [0.15, 0.2) is 36.7 Å². The van der Waals surface area contributed by atoms with Crippen LogP contribution in [0, 0.1) is 0 Å². The Hall–Kier alpha value is -2.64. The SMILES string of the molecule is Nc1nc(-n2cc(C(F)(F)F)cn2)c2ccccc2n1. The normalized spacial score (nSPS) is 11.9. The summed E-state index contributed by atoms with van der Waals surface area (Å²) in [5.74, 6) is 0.186. The third kappa shape index (κ3) is 2.04. The van der Waals surface area contributed by atoms with E-state index in [4.69, 9.17) is 5.73 Å². The van der Waals surface area contributed by atoms with Gasteiger partial charge in [-0.15, -0.1) is 0 Å². The molecule has 0 aliphatic rings. The fourth-order valence-corrected chi connectivity index (χ4v) is 1.84. The number of para-hydroxylation sites is 1. The molecular formula is C12H8F3N5. The summed E-state index contributed by atoms with van der Waals surface area (Å²) in [6, 6.07) is 6.88. The molecule has 2 N–H and O–H groups in total. The van der Waals surface area contributed by atoms with Crippen molar-refractivity contribution in [2.75, 3.05) is 5.73 Å². The summed E-state index contributed by atoms with van der Waals surface area (Å²) in [7, 11) is 0. The van der Waals surface area contributed by atoms with Crippen molar-refractivity contribution >= 4 is 16.9 Å². The Morgan fingerprint density at radius 2 is 1.85 bits per heavy atom. The van der Waals surface area contributed by atoms with Gasteiger partial charge in [0.1, 0.15) is 0 Å². The van der Waals surface area contributed by atoms with Crippen LogP contribution in [0.25, 0.3) is 16.7 Å². The quantitative estimate of drug-likeness (QED) is 0.742. The Balaban J connectivity index is 2.21. The number of halogens is 3. The van der Waals surface area contributed by atoms with Gasteiger partial charge in [-0.3, -0.25) is 0 Å². The van der Waals surface area contributed by atoms with E-state index in [0.29, 0.717) is 10.9 Å². The molecular weight excluding hydrogens is 271 g/mol. The highest BCUT2D eigenvalue weighted by molar-refractivity contribution is 5.86. The summed E-state index contributed by atoms with van der Waals surface area (Å²) in [6.45, 7) is 0. The van der Waals surface area contributed by atoms with Crippen molar-refractivity contribution in [3.63, 3.8) is 0 Å². The van der Waals surface area contributed by atoms with Gasteiger partial charge in [-0.2, -0.15) is 23.3 Å². The summed E-state index contributed by atoms with van der Waals surface area (Å²) >= 11 is 0. The minimum Gasteiger partial charge on any atom is -0.368 e. The van der Waals surface area contributed by atoms with Gasteiger partial charge in [0.25, 0.3) is 0 Å². The number of nitrogen functional groups attached to an aromatic ring is 1. The Morgan fingerprint density at radius 1 is 1.10 bits per heavy atom. The van der Waals surface area contributed by atoms with Crippen LogP contribution in [-0.2, 0) is 6.18 Å². The van der Waals surface area contributed by atoms with E-state index < -0.39 is 11.7 Å². The molecule has 0 spiro atoms. The van der Waals surface area contributed by atoms with Crippen molar-refractivity contribution in [2.45, 2.75) is 6.18 Å². The van der Waals surface area contributed by atoms with Gasteiger partial charge in [0, 0.05) is 11.6 Å².